The van der Waals surface area contributed by atoms with Crippen molar-refractivity contribution in [1.29, 1.82) is 0 Å². The van der Waals surface area contributed by atoms with Crippen molar-refractivity contribution in [2.45, 2.75) is 0 Å². The van der Waals surface area contributed by atoms with Crippen LogP contribution < -0.4 is 22.1 Å². The minimum atomic E-state index is 0.0368. The minimum absolute atomic E-state index is 0.0368. The first-order valence-corrected chi connectivity index (χ1v) is 5.45. The highest BCUT2D eigenvalue weighted by Crippen LogP contribution is 2.32. The molecule has 0 aliphatic rings. The summed E-state index contributed by atoms with van der Waals surface area (Å²) in [5.41, 5.74) is 12.6. The maximum atomic E-state index is 10.9. The highest BCUT2D eigenvalue weighted by Gasteiger charge is 2.13. The van der Waals surface area contributed by atoms with Crippen LogP contribution in [0.3, 0.4) is 0 Å². The average Bonchev–Trinajstić information content (AvgIpc) is 2.40. The van der Waals surface area contributed by atoms with Crippen molar-refractivity contribution in [1.82, 2.24) is 9.97 Å². The average molecular weight is 259 g/mol. The Morgan fingerprint density at radius 3 is 2.32 bits per heavy atom. The number of nitrogens with two attached hydrogens (primary N) is 2. The summed E-state index contributed by atoms with van der Waals surface area (Å²) in [6.07, 6.45) is 0. The molecule has 0 aliphatic heterocycles. The predicted octanol–water partition coefficient (Wildman–Crippen LogP) is 1.82. The number of nitrogens with one attached hydrogen (secondary N) is 2. The van der Waals surface area contributed by atoms with Crippen molar-refractivity contribution in [3.63, 3.8) is 0 Å². The second-order valence-corrected chi connectivity index (χ2v) is 3.72. The largest absolute Gasteiger partial charge is 0.399 e. The number of anilines is 5. The zero-order valence-electron chi connectivity index (χ0n) is 10.2. The van der Waals surface area contributed by atoms with Gasteiger partial charge >= 0.3 is 0 Å². The van der Waals surface area contributed by atoms with Gasteiger partial charge in [-0.15, -0.1) is 4.91 Å². The highest BCUT2D eigenvalue weighted by atomic mass is 16.3. The van der Waals surface area contributed by atoms with Gasteiger partial charge in [0.1, 0.15) is 0 Å². The summed E-state index contributed by atoms with van der Waals surface area (Å²) in [5.74, 6) is 0.534. The summed E-state index contributed by atoms with van der Waals surface area (Å²) in [6.45, 7) is 0. The van der Waals surface area contributed by atoms with Crippen molar-refractivity contribution in [3.05, 3.63) is 29.2 Å². The van der Waals surface area contributed by atoms with Crippen molar-refractivity contribution in [2.75, 3.05) is 29.1 Å². The van der Waals surface area contributed by atoms with Crippen LogP contribution in [-0.4, -0.2) is 17.0 Å². The van der Waals surface area contributed by atoms with Crippen LogP contribution in [0.1, 0.15) is 0 Å². The van der Waals surface area contributed by atoms with Gasteiger partial charge in [0.25, 0.3) is 0 Å². The van der Waals surface area contributed by atoms with E-state index in [1.54, 1.807) is 31.3 Å². The Morgan fingerprint density at radius 2 is 1.74 bits per heavy atom. The fraction of sp³-hybridized carbons (Fsp3) is 0.0909. The fourth-order valence-corrected chi connectivity index (χ4v) is 1.52. The lowest BCUT2D eigenvalue weighted by atomic mass is 10.3. The van der Waals surface area contributed by atoms with E-state index in [1.165, 1.54) is 0 Å². The van der Waals surface area contributed by atoms with E-state index in [2.05, 4.69) is 25.8 Å². The third kappa shape index (κ3) is 2.68. The Balaban J connectivity index is 2.41. The third-order valence-electron chi connectivity index (χ3n) is 2.40. The molecule has 6 N–H and O–H groups in total. The van der Waals surface area contributed by atoms with E-state index < -0.39 is 0 Å². The molecule has 0 spiro atoms. The summed E-state index contributed by atoms with van der Waals surface area (Å²) < 4.78 is 0. The lowest BCUT2D eigenvalue weighted by Gasteiger charge is -2.10. The highest BCUT2D eigenvalue weighted by molar-refractivity contribution is 5.78. The molecule has 0 atom stereocenters. The van der Waals surface area contributed by atoms with Crippen molar-refractivity contribution in [2.24, 2.45) is 5.18 Å². The van der Waals surface area contributed by atoms with E-state index in [0.717, 1.165) is 0 Å². The quantitative estimate of drug-likeness (QED) is 0.486. The number of nitroso groups, excluding NO2 is 1. The standard InChI is InChI=1S/C11H13N7O/c1-14-9-8(18-19)10(17-11(13)16-9)15-7-4-2-6(12)3-5-7/h2-5H,12H2,1H3,(H4,13,14,15,16,17). The minimum Gasteiger partial charge on any atom is -0.399 e. The number of benzene rings is 1. The molecule has 1 heterocycles. The van der Waals surface area contributed by atoms with Crippen LogP contribution in [0.15, 0.2) is 29.4 Å². The van der Waals surface area contributed by atoms with Gasteiger partial charge in [0.05, 0.1) is 0 Å². The van der Waals surface area contributed by atoms with Crippen LogP contribution >= 0.6 is 0 Å². The molecule has 0 saturated carbocycles. The molecule has 1 aromatic carbocycles. The first-order valence-electron chi connectivity index (χ1n) is 5.45. The summed E-state index contributed by atoms with van der Waals surface area (Å²) in [5, 5.41) is 8.60. The molecule has 2 aromatic rings. The predicted molar refractivity (Wildman–Crippen MR) is 75.6 cm³/mol. The smallest absolute Gasteiger partial charge is 0.224 e. The second kappa shape index (κ2) is 5.17. The topological polar surface area (TPSA) is 131 Å². The van der Waals surface area contributed by atoms with Crippen LogP contribution in [-0.2, 0) is 0 Å². The maximum absolute atomic E-state index is 10.9. The van der Waals surface area contributed by atoms with E-state index in [9.17, 15) is 4.91 Å². The number of nitrogens with zero attached hydrogens (tertiary/aromatic N) is 3. The van der Waals surface area contributed by atoms with Crippen LogP contribution in [0.5, 0.6) is 0 Å². The molecule has 0 fully saturated rings. The van der Waals surface area contributed by atoms with Crippen molar-refractivity contribution in [3.8, 4) is 0 Å². The van der Waals surface area contributed by atoms with Gasteiger partial charge in [0.2, 0.25) is 5.95 Å². The number of hydrogen-bond acceptors (Lipinski definition) is 8. The molecule has 0 aliphatic carbocycles. The number of rotatable bonds is 4. The molecule has 0 bridgehead atoms. The van der Waals surface area contributed by atoms with E-state index >= 15 is 0 Å². The molecule has 0 radical (unpaired) electrons. The van der Waals surface area contributed by atoms with E-state index in [1.807, 2.05) is 0 Å². The molecule has 2 rings (SSSR count). The van der Waals surface area contributed by atoms with Crippen molar-refractivity contribution < 1.29 is 0 Å². The van der Waals surface area contributed by atoms with Gasteiger partial charge < -0.3 is 22.1 Å². The molecule has 0 saturated heterocycles. The normalized spacial score (nSPS) is 9.95. The number of hydrogen-bond donors (Lipinski definition) is 4. The Morgan fingerprint density at radius 1 is 1.11 bits per heavy atom. The molecule has 0 amide bonds. The number of nitrogen functional groups attached to an aromatic ring is 2. The van der Waals surface area contributed by atoms with E-state index in [4.69, 9.17) is 11.5 Å². The monoisotopic (exact) mass is 259 g/mol. The molecule has 0 unspecified atom stereocenters. The first kappa shape index (κ1) is 12.6. The zero-order chi connectivity index (χ0) is 13.8. The van der Waals surface area contributed by atoms with Gasteiger partial charge in [-0.3, -0.25) is 0 Å². The summed E-state index contributed by atoms with van der Waals surface area (Å²) >= 11 is 0. The Bertz CT molecular complexity index is 597. The second-order valence-electron chi connectivity index (χ2n) is 3.72. The van der Waals surface area contributed by atoms with Crippen LogP contribution in [0, 0.1) is 4.91 Å². The Kier molecular flexibility index (Phi) is 3.42. The molecular formula is C11H13N7O. The molecule has 98 valence electrons. The van der Waals surface area contributed by atoms with Gasteiger partial charge in [-0.1, -0.05) is 0 Å². The summed E-state index contributed by atoms with van der Waals surface area (Å²) in [4.78, 5) is 18.7. The van der Waals surface area contributed by atoms with Crippen LogP contribution in [0.4, 0.5) is 34.6 Å². The van der Waals surface area contributed by atoms with Crippen LogP contribution in [0.2, 0.25) is 0 Å². The molecule has 8 heteroatoms. The van der Waals surface area contributed by atoms with Crippen LogP contribution in [0.25, 0.3) is 0 Å². The maximum Gasteiger partial charge on any atom is 0.224 e. The Labute approximate surface area is 109 Å². The Hall–Kier alpha value is -2.90. The summed E-state index contributed by atoms with van der Waals surface area (Å²) in [6, 6.07) is 6.95. The van der Waals surface area contributed by atoms with Gasteiger partial charge in [0.15, 0.2) is 17.3 Å². The molecule has 1 aromatic heterocycles. The molecule has 19 heavy (non-hydrogen) atoms. The first-order chi connectivity index (χ1) is 9.13. The van der Waals surface area contributed by atoms with Gasteiger partial charge in [0, 0.05) is 18.4 Å². The summed E-state index contributed by atoms with van der Waals surface area (Å²) in [7, 11) is 1.61. The van der Waals surface area contributed by atoms with E-state index in [0.29, 0.717) is 11.4 Å². The fourth-order valence-electron chi connectivity index (χ4n) is 1.52. The number of aromatic nitrogens is 2. The van der Waals surface area contributed by atoms with Gasteiger partial charge in [-0.25, -0.2) is 0 Å². The van der Waals surface area contributed by atoms with Gasteiger partial charge in [-0.2, -0.15) is 9.97 Å². The lowest BCUT2D eigenvalue weighted by Crippen LogP contribution is -2.04. The van der Waals surface area contributed by atoms with E-state index in [-0.39, 0.29) is 23.3 Å². The lowest BCUT2D eigenvalue weighted by molar-refractivity contribution is 1.16. The zero-order valence-corrected chi connectivity index (χ0v) is 10.2. The third-order valence-corrected chi connectivity index (χ3v) is 2.40. The van der Waals surface area contributed by atoms with Crippen molar-refractivity contribution >= 4 is 34.6 Å². The SMILES string of the molecule is CNc1nc(N)nc(Nc2ccc(N)cc2)c1N=O. The molecular weight excluding hydrogens is 246 g/mol. The molecule has 8 nitrogen and oxygen atoms in total. The van der Waals surface area contributed by atoms with Gasteiger partial charge in [-0.05, 0) is 29.4 Å².